The van der Waals surface area contributed by atoms with Crippen LogP contribution in [0.4, 0.5) is 0 Å². The Morgan fingerprint density at radius 2 is 2.12 bits per heavy atom. The fraction of sp³-hybridized carbons (Fsp3) is 0.474. The highest BCUT2D eigenvalue weighted by molar-refractivity contribution is 6.08. The first kappa shape index (κ1) is 18.3. The first-order chi connectivity index (χ1) is 12.5. The summed E-state index contributed by atoms with van der Waals surface area (Å²) in [7, 11) is 3.05. The van der Waals surface area contributed by atoms with Crippen molar-refractivity contribution >= 4 is 11.7 Å². The van der Waals surface area contributed by atoms with E-state index in [9.17, 15) is 14.7 Å². The van der Waals surface area contributed by atoms with Crippen molar-refractivity contribution in [1.82, 2.24) is 4.90 Å². The van der Waals surface area contributed by atoms with E-state index >= 15 is 0 Å². The molecule has 1 aromatic carbocycles. The Morgan fingerprint density at radius 3 is 2.69 bits per heavy atom. The van der Waals surface area contributed by atoms with Crippen LogP contribution in [0.3, 0.4) is 0 Å². The van der Waals surface area contributed by atoms with Gasteiger partial charge < -0.3 is 24.2 Å². The highest BCUT2D eigenvalue weighted by Gasteiger charge is 2.44. The molecule has 7 nitrogen and oxygen atoms in total. The molecule has 0 spiro atoms. The van der Waals surface area contributed by atoms with Gasteiger partial charge in [-0.15, -0.1) is 0 Å². The lowest BCUT2D eigenvalue weighted by Crippen LogP contribution is -2.37. The molecule has 0 aromatic heterocycles. The number of Topliss-reactive ketones (excluding diaryl/α,β-unsaturated/α-hetero) is 1. The molecule has 0 aliphatic carbocycles. The molecule has 2 aliphatic heterocycles. The van der Waals surface area contributed by atoms with Crippen LogP contribution in [-0.2, 0) is 14.3 Å². The van der Waals surface area contributed by atoms with Gasteiger partial charge in [-0.05, 0) is 38.0 Å². The zero-order valence-corrected chi connectivity index (χ0v) is 15.2. The molecular formula is C19H23NO6. The van der Waals surface area contributed by atoms with Crippen LogP contribution >= 0.6 is 0 Å². The highest BCUT2D eigenvalue weighted by atomic mass is 16.5. The molecule has 0 bridgehead atoms. The zero-order chi connectivity index (χ0) is 18.8. The van der Waals surface area contributed by atoms with Crippen LogP contribution in [0.25, 0.3) is 0 Å². The van der Waals surface area contributed by atoms with Crippen molar-refractivity contribution < 1.29 is 28.9 Å². The van der Waals surface area contributed by atoms with Crippen LogP contribution in [0, 0.1) is 0 Å². The maximum absolute atomic E-state index is 12.7. The molecule has 2 aliphatic rings. The van der Waals surface area contributed by atoms with Gasteiger partial charge in [0, 0.05) is 18.7 Å². The molecule has 1 N–H and O–H groups in total. The third kappa shape index (κ3) is 3.14. The number of hydrogen-bond donors (Lipinski definition) is 1. The summed E-state index contributed by atoms with van der Waals surface area (Å²) < 4.78 is 16.4. The summed E-state index contributed by atoms with van der Waals surface area (Å²) in [6.07, 6.45) is 1.65. The first-order valence-electron chi connectivity index (χ1n) is 8.56. The normalized spacial score (nSPS) is 22.9. The van der Waals surface area contributed by atoms with Crippen LogP contribution in [-0.4, -0.2) is 55.2 Å². The monoisotopic (exact) mass is 361 g/mol. The smallest absolute Gasteiger partial charge is 0.290 e. The van der Waals surface area contributed by atoms with E-state index in [1.165, 1.54) is 26.0 Å². The van der Waals surface area contributed by atoms with E-state index < -0.39 is 17.7 Å². The number of carbonyl (C=O) groups is 2. The summed E-state index contributed by atoms with van der Waals surface area (Å²) in [4.78, 5) is 26.4. The zero-order valence-electron chi connectivity index (χ0n) is 15.2. The predicted octanol–water partition coefficient (Wildman–Crippen LogP) is 2.17. The Bertz CT molecular complexity index is 750. The van der Waals surface area contributed by atoms with Gasteiger partial charge in [0.2, 0.25) is 0 Å². The van der Waals surface area contributed by atoms with Crippen molar-refractivity contribution in [3.8, 4) is 11.5 Å². The quantitative estimate of drug-likeness (QED) is 0.836. The maximum Gasteiger partial charge on any atom is 0.290 e. The minimum Gasteiger partial charge on any atom is -0.503 e. The van der Waals surface area contributed by atoms with Gasteiger partial charge in [0.25, 0.3) is 5.91 Å². The van der Waals surface area contributed by atoms with Crippen molar-refractivity contribution in [2.45, 2.75) is 31.9 Å². The van der Waals surface area contributed by atoms with Gasteiger partial charge in [-0.2, -0.15) is 0 Å². The second-order valence-corrected chi connectivity index (χ2v) is 6.42. The highest BCUT2D eigenvalue weighted by Crippen LogP contribution is 2.43. The molecule has 0 unspecified atom stereocenters. The summed E-state index contributed by atoms with van der Waals surface area (Å²) >= 11 is 0. The third-order valence-electron chi connectivity index (χ3n) is 4.84. The van der Waals surface area contributed by atoms with Crippen molar-refractivity contribution in [1.29, 1.82) is 0 Å². The Balaban J connectivity index is 2.08. The Labute approximate surface area is 152 Å². The summed E-state index contributed by atoms with van der Waals surface area (Å²) in [5.41, 5.74) is 0.659. The summed E-state index contributed by atoms with van der Waals surface area (Å²) in [5, 5.41) is 10.3. The Morgan fingerprint density at radius 1 is 1.35 bits per heavy atom. The minimum atomic E-state index is -0.741. The van der Waals surface area contributed by atoms with Crippen molar-refractivity contribution in [3.63, 3.8) is 0 Å². The summed E-state index contributed by atoms with van der Waals surface area (Å²) in [6.45, 7) is 2.29. The second-order valence-electron chi connectivity index (χ2n) is 6.42. The van der Waals surface area contributed by atoms with Gasteiger partial charge in [0.05, 0.1) is 31.9 Å². The number of ketones is 1. The van der Waals surface area contributed by atoms with E-state index in [2.05, 4.69) is 0 Å². The van der Waals surface area contributed by atoms with Gasteiger partial charge >= 0.3 is 0 Å². The molecule has 2 heterocycles. The lowest BCUT2D eigenvalue weighted by molar-refractivity contribution is -0.131. The van der Waals surface area contributed by atoms with Gasteiger partial charge in [0.15, 0.2) is 11.5 Å². The van der Waals surface area contributed by atoms with E-state index in [-0.39, 0.29) is 17.5 Å². The maximum atomic E-state index is 12.7. The fourth-order valence-electron chi connectivity index (χ4n) is 3.59. The predicted molar refractivity (Wildman–Crippen MR) is 93.3 cm³/mol. The topological polar surface area (TPSA) is 85.3 Å². The molecule has 2 atom stereocenters. The molecule has 1 fully saturated rings. The van der Waals surface area contributed by atoms with Crippen LogP contribution in [0.5, 0.6) is 11.5 Å². The second kappa shape index (κ2) is 7.37. The van der Waals surface area contributed by atoms with Crippen molar-refractivity contribution in [3.05, 3.63) is 35.1 Å². The number of rotatable bonds is 6. The van der Waals surface area contributed by atoms with E-state index in [1.807, 2.05) is 0 Å². The molecule has 7 heteroatoms. The number of hydrogen-bond acceptors (Lipinski definition) is 6. The molecule has 3 rings (SSSR count). The fourth-order valence-corrected chi connectivity index (χ4v) is 3.59. The lowest BCUT2D eigenvalue weighted by atomic mass is 9.95. The van der Waals surface area contributed by atoms with Crippen LogP contribution < -0.4 is 9.47 Å². The molecule has 26 heavy (non-hydrogen) atoms. The van der Waals surface area contributed by atoms with Crippen molar-refractivity contribution in [2.24, 2.45) is 0 Å². The summed E-state index contributed by atoms with van der Waals surface area (Å²) in [5.74, 6) is -0.361. The average molecular weight is 361 g/mol. The van der Waals surface area contributed by atoms with E-state index in [4.69, 9.17) is 14.2 Å². The Kier molecular flexibility index (Phi) is 5.18. The molecule has 1 saturated heterocycles. The van der Waals surface area contributed by atoms with Gasteiger partial charge in [0.1, 0.15) is 11.5 Å². The molecular weight excluding hydrogens is 338 g/mol. The minimum absolute atomic E-state index is 0.0690. The number of benzene rings is 1. The van der Waals surface area contributed by atoms with Gasteiger partial charge in [-0.1, -0.05) is 0 Å². The number of aliphatic hydroxyl groups excluding tert-OH is 1. The summed E-state index contributed by atoms with van der Waals surface area (Å²) in [6, 6.07) is 4.44. The number of methoxy groups -OCH3 is 2. The standard InChI is InChI=1S/C19H23NO6/c1-11(21)16-17(14-9-12(24-2)6-7-15(14)25-3)20(19(23)18(16)22)10-13-5-4-8-26-13/h6-7,9,13,17,22H,4-5,8,10H2,1-3H3/t13-,17-/m0/s1. The van der Waals surface area contributed by atoms with E-state index in [1.54, 1.807) is 18.2 Å². The molecule has 1 amide bonds. The largest absolute Gasteiger partial charge is 0.503 e. The van der Waals surface area contributed by atoms with Crippen LogP contribution in [0.2, 0.25) is 0 Å². The van der Waals surface area contributed by atoms with E-state index in [0.29, 0.717) is 30.2 Å². The molecule has 1 aromatic rings. The number of ether oxygens (including phenoxy) is 3. The number of nitrogens with zero attached hydrogens (tertiary/aromatic N) is 1. The van der Waals surface area contributed by atoms with Gasteiger partial charge in [-0.25, -0.2) is 0 Å². The number of amides is 1. The molecule has 0 radical (unpaired) electrons. The number of aliphatic hydroxyl groups is 1. The van der Waals surface area contributed by atoms with Crippen LogP contribution in [0.1, 0.15) is 31.4 Å². The van der Waals surface area contributed by atoms with E-state index in [0.717, 1.165) is 12.8 Å². The molecule has 0 saturated carbocycles. The first-order valence-corrected chi connectivity index (χ1v) is 8.56. The SMILES string of the molecule is COc1ccc(OC)c([C@H]2C(C(C)=O)=C(O)C(=O)N2C[C@@H]2CCCO2)c1. The lowest BCUT2D eigenvalue weighted by Gasteiger charge is -2.29. The number of carbonyl (C=O) groups excluding carboxylic acids is 2. The van der Waals surface area contributed by atoms with Crippen LogP contribution in [0.15, 0.2) is 29.5 Å². The molecule has 140 valence electrons. The van der Waals surface area contributed by atoms with Crippen molar-refractivity contribution in [2.75, 3.05) is 27.4 Å². The Hall–Kier alpha value is -2.54. The third-order valence-corrected chi connectivity index (χ3v) is 4.84. The average Bonchev–Trinajstić information content (AvgIpc) is 3.23. The van der Waals surface area contributed by atoms with Gasteiger partial charge in [-0.3, -0.25) is 9.59 Å².